The van der Waals surface area contributed by atoms with Crippen molar-refractivity contribution in [3.63, 3.8) is 0 Å². The van der Waals surface area contributed by atoms with Gasteiger partial charge in [-0.25, -0.2) is 0 Å². The first-order valence-electron chi connectivity index (χ1n) is 10.5. The number of carbonyl (C=O) groups is 3. The maximum Gasteiger partial charge on any atom is 0.307 e. The molecule has 6 heteroatoms. The number of Topliss-reactive ketones (excluding diaryl/α,β-unsaturated/α-hetero) is 1. The molecule has 5 atom stereocenters. The van der Waals surface area contributed by atoms with Crippen LogP contribution in [0, 0.1) is 17.3 Å². The number of carbonyl (C=O) groups excluding carboxylic acids is 3. The third kappa shape index (κ3) is 4.22. The van der Waals surface area contributed by atoms with Crippen LogP contribution in [0.1, 0.15) is 69.2 Å². The Kier molecular flexibility index (Phi) is 5.01. The molecular formula is C23H29NO5. The Hall–Kier alpha value is -2.21. The van der Waals surface area contributed by atoms with E-state index in [1.54, 1.807) is 31.2 Å². The molecule has 1 aromatic rings. The lowest BCUT2D eigenvalue weighted by molar-refractivity contribution is -0.179. The number of ketones is 1. The monoisotopic (exact) mass is 399 g/mol. The van der Waals surface area contributed by atoms with Crippen LogP contribution in [0.3, 0.4) is 0 Å². The van der Waals surface area contributed by atoms with Crippen molar-refractivity contribution in [2.24, 2.45) is 17.3 Å². The molecule has 0 radical (unpaired) electrons. The number of aliphatic hydroxyl groups is 1. The highest BCUT2D eigenvalue weighted by molar-refractivity contribution is 5.98. The predicted octanol–water partition coefficient (Wildman–Crippen LogP) is 3.48. The lowest BCUT2D eigenvalue weighted by atomic mass is 9.47. The second-order valence-corrected chi connectivity index (χ2v) is 9.62. The van der Waals surface area contributed by atoms with Gasteiger partial charge in [-0.3, -0.25) is 14.4 Å². The Balaban J connectivity index is 1.34. The zero-order chi connectivity index (χ0) is 20.8. The van der Waals surface area contributed by atoms with E-state index in [9.17, 15) is 19.5 Å². The van der Waals surface area contributed by atoms with Crippen molar-refractivity contribution in [3.05, 3.63) is 29.8 Å². The maximum absolute atomic E-state index is 12.6. The number of nitrogens with one attached hydrogen (secondary N) is 1. The van der Waals surface area contributed by atoms with Crippen LogP contribution in [0.15, 0.2) is 24.3 Å². The lowest BCUT2D eigenvalue weighted by Gasteiger charge is -2.60. The molecule has 2 unspecified atom stereocenters. The van der Waals surface area contributed by atoms with Crippen LogP contribution in [-0.4, -0.2) is 34.5 Å². The Morgan fingerprint density at radius 2 is 1.90 bits per heavy atom. The lowest BCUT2D eigenvalue weighted by Crippen LogP contribution is -2.56. The molecule has 0 spiro atoms. The summed E-state index contributed by atoms with van der Waals surface area (Å²) >= 11 is 0. The van der Waals surface area contributed by atoms with Gasteiger partial charge in [-0.2, -0.15) is 0 Å². The highest BCUT2D eigenvalue weighted by Gasteiger charge is 2.57. The van der Waals surface area contributed by atoms with Crippen molar-refractivity contribution in [2.45, 2.75) is 70.5 Å². The van der Waals surface area contributed by atoms with Crippen molar-refractivity contribution in [2.75, 3.05) is 5.32 Å². The van der Waals surface area contributed by atoms with Crippen molar-refractivity contribution < 1.29 is 24.2 Å². The van der Waals surface area contributed by atoms with Crippen molar-refractivity contribution in [3.8, 4) is 0 Å². The average Bonchev–Trinajstić information content (AvgIpc) is 2.59. The third-order valence-corrected chi connectivity index (χ3v) is 6.88. The van der Waals surface area contributed by atoms with Gasteiger partial charge >= 0.3 is 5.97 Å². The van der Waals surface area contributed by atoms with Crippen molar-refractivity contribution in [1.29, 1.82) is 0 Å². The van der Waals surface area contributed by atoms with Crippen LogP contribution in [-0.2, 0) is 14.3 Å². The van der Waals surface area contributed by atoms with Gasteiger partial charge in [-0.1, -0.05) is 12.1 Å². The van der Waals surface area contributed by atoms with Crippen molar-refractivity contribution >= 4 is 23.3 Å². The molecule has 29 heavy (non-hydrogen) atoms. The number of amides is 1. The zero-order valence-corrected chi connectivity index (χ0v) is 17.1. The molecule has 1 aromatic carbocycles. The first kappa shape index (κ1) is 20.1. The summed E-state index contributed by atoms with van der Waals surface area (Å²) in [7, 11) is 0. The maximum atomic E-state index is 12.6. The minimum atomic E-state index is -0.930. The molecule has 0 aliphatic heterocycles. The molecule has 156 valence electrons. The second kappa shape index (κ2) is 7.24. The van der Waals surface area contributed by atoms with E-state index >= 15 is 0 Å². The van der Waals surface area contributed by atoms with E-state index in [1.807, 2.05) is 0 Å². The van der Waals surface area contributed by atoms with Crippen LogP contribution in [0.4, 0.5) is 5.69 Å². The number of benzene rings is 1. The fraction of sp³-hybridized carbons (Fsp3) is 0.609. The summed E-state index contributed by atoms with van der Waals surface area (Å²) in [5.41, 5.74) is 0.206. The van der Waals surface area contributed by atoms with Gasteiger partial charge in [0.1, 0.15) is 0 Å². The van der Waals surface area contributed by atoms with E-state index < -0.39 is 17.6 Å². The molecule has 4 aliphatic carbocycles. The van der Waals surface area contributed by atoms with Gasteiger partial charge < -0.3 is 15.2 Å². The average molecular weight is 399 g/mol. The van der Waals surface area contributed by atoms with Gasteiger partial charge in [0.05, 0.1) is 12.0 Å². The Labute approximate surface area is 171 Å². The van der Waals surface area contributed by atoms with Crippen LogP contribution < -0.4 is 5.32 Å². The zero-order valence-electron chi connectivity index (χ0n) is 17.1. The van der Waals surface area contributed by atoms with Gasteiger partial charge in [-0.05, 0) is 81.8 Å². The molecule has 4 aliphatic rings. The van der Waals surface area contributed by atoms with Gasteiger partial charge in [0.2, 0.25) is 0 Å². The molecule has 0 heterocycles. The number of hydrogen-bond donors (Lipinski definition) is 2. The number of ether oxygens (including phenoxy) is 1. The van der Waals surface area contributed by atoms with E-state index in [1.165, 1.54) is 6.92 Å². The Bertz CT molecular complexity index is 833. The van der Waals surface area contributed by atoms with Crippen LogP contribution in [0.2, 0.25) is 0 Å². The SMILES string of the molecule is CC(=O)c1cccc(NC(=O)[C@H](C)OC(=O)CC23C[C@@H]4C[C@@H](CC(O)(C4)C2)C3)c1. The highest BCUT2D eigenvalue weighted by Crippen LogP contribution is 2.62. The molecule has 2 N–H and O–H groups in total. The summed E-state index contributed by atoms with van der Waals surface area (Å²) in [6.45, 7) is 3.02. The summed E-state index contributed by atoms with van der Waals surface area (Å²) in [6.07, 6.45) is 4.83. The number of anilines is 1. The summed E-state index contributed by atoms with van der Waals surface area (Å²) in [4.78, 5) is 36.5. The quantitative estimate of drug-likeness (QED) is 0.564. The summed E-state index contributed by atoms with van der Waals surface area (Å²) in [5, 5.41) is 13.5. The van der Waals surface area contributed by atoms with Gasteiger partial charge in [-0.15, -0.1) is 0 Å². The van der Waals surface area contributed by atoms with E-state index in [2.05, 4.69) is 5.32 Å². The van der Waals surface area contributed by atoms with Gasteiger partial charge in [0.25, 0.3) is 5.91 Å². The molecule has 0 saturated heterocycles. The molecule has 0 aromatic heterocycles. The van der Waals surface area contributed by atoms with Crippen LogP contribution >= 0.6 is 0 Å². The fourth-order valence-corrected chi connectivity index (χ4v) is 6.27. The summed E-state index contributed by atoms with van der Waals surface area (Å²) in [5.74, 6) is 0.114. The van der Waals surface area contributed by atoms with E-state index in [4.69, 9.17) is 4.74 Å². The first-order chi connectivity index (χ1) is 13.7. The summed E-state index contributed by atoms with van der Waals surface area (Å²) < 4.78 is 5.43. The highest BCUT2D eigenvalue weighted by atomic mass is 16.5. The normalized spacial score (nSPS) is 33.2. The van der Waals surface area contributed by atoms with E-state index in [-0.39, 0.29) is 23.6 Å². The third-order valence-electron chi connectivity index (χ3n) is 6.88. The first-order valence-corrected chi connectivity index (χ1v) is 10.5. The molecule has 4 fully saturated rings. The number of rotatable bonds is 6. The smallest absolute Gasteiger partial charge is 0.307 e. The molecule has 5 rings (SSSR count). The molecular weight excluding hydrogens is 370 g/mol. The Morgan fingerprint density at radius 1 is 1.21 bits per heavy atom. The molecule has 4 bridgehead atoms. The molecule has 4 saturated carbocycles. The molecule has 1 amide bonds. The minimum Gasteiger partial charge on any atom is -0.453 e. The van der Waals surface area contributed by atoms with Gasteiger partial charge in [0, 0.05) is 11.3 Å². The largest absolute Gasteiger partial charge is 0.453 e. The minimum absolute atomic E-state index is 0.0854. The van der Waals surface area contributed by atoms with Gasteiger partial charge in [0.15, 0.2) is 11.9 Å². The standard InChI is InChI=1S/C23H29NO5/c1-14(25)18-4-3-5-19(7-18)24-21(27)15(2)29-20(26)12-22-8-16-6-17(9-22)11-23(28,10-16)13-22/h3-5,7,15-17,28H,6,8-13H2,1-2H3,(H,24,27)/t15-,16-,17+,22?,23?/m0/s1. The predicted molar refractivity (Wildman–Crippen MR) is 107 cm³/mol. The van der Waals surface area contributed by atoms with Crippen molar-refractivity contribution in [1.82, 2.24) is 0 Å². The Morgan fingerprint density at radius 3 is 2.52 bits per heavy atom. The topological polar surface area (TPSA) is 92.7 Å². The van der Waals surface area contributed by atoms with Crippen LogP contribution in [0.25, 0.3) is 0 Å². The molecule has 6 nitrogen and oxygen atoms in total. The number of hydrogen-bond acceptors (Lipinski definition) is 5. The van der Waals surface area contributed by atoms with E-state index in [0.29, 0.717) is 29.5 Å². The fourth-order valence-electron chi connectivity index (χ4n) is 6.27. The van der Waals surface area contributed by atoms with Crippen LogP contribution in [0.5, 0.6) is 0 Å². The number of esters is 1. The van der Waals surface area contributed by atoms with E-state index in [0.717, 1.165) is 32.1 Å². The summed E-state index contributed by atoms with van der Waals surface area (Å²) in [6, 6.07) is 6.67. The second-order valence-electron chi connectivity index (χ2n) is 9.62.